The first-order valence-corrected chi connectivity index (χ1v) is 18.6. The lowest BCUT2D eigenvalue weighted by atomic mass is 10.1. The van der Waals surface area contributed by atoms with Crippen LogP contribution in [-0.2, 0) is 23.8 Å². The van der Waals surface area contributed by atoms with Gasteiger partial charge in [-0.1, -0.05) is 129 Å². The van der Waals surface area contributed by atoms with Crippen LogP contribution in [0, 0.1) is 0 Å². The Hall–Kier alpha value is -2.79. The zero-order valence-electron chi connectivity index (χ0n) is 29.1. The maximum absolute atomic E-state index is 13.1. The van der Waals surface area contributed by atoms with E-state index in [1.807, 2.05) is 0 Å². The Morgan fingerprint density at radius 1 is 0.723 bits per heavy atom. The molecule has 47 heavy (non-hydrogen) atoms. The minimum atomic E-state index is -0.993. The lowest BCUT2D eigenvalue weighted by Crippen LogP contribution is -2.40. The minimum Gasteiger partial charge on any atom is -0.455 e. The van der Waals surface area contributed by atoms with Gasteiger partial charge in [-0.3, -0.25) is 14.2 Å². The Labute approximate surface area is 281 Å². The average molecular weight is 660 g/mol. The van der Waals surface area contributed by atoms with E-state index in [0.717, 1.165) is 38.5 Å². The maximum Gasteiger partial charge on any atom is 0.306 e. The third kappa shape index (κ3) is 13.3. The van der Waals surface area contributed by atoms with Gasteiger partial charge >= 0.3 is 11.9 Å². The molecule has 1 aliphatic rings. The molecule has 0 spiro atoms. The highest BCUT2D eigenvalue weighted by molar-refractivity contribution is 5.81. The molecule has 2 aromatic heterocycles. The van der Waals surface area contributed by atoms with Crippen LogP contribution < -0.4 is 5.73 Å². The summed E-state index contributed by atoms with van der Waals surface area (Å²) in [4.78, 5) is 38.7. The van der Waals surface area contributed by atoms with Crippen molar-refractivity contribution in [2.75, 3.05) is 12.3 Å². The highest BCUT2D eigenvalue weighted by atomic mass is 16.6. The first-order chi connectivity index (χ1) is 23.0. The fourth-order valence-corrected chi connectivity index (χ4v) is 6.34. The number of hydrogen-bond acceptors (Lipinski definition) is 10. The molecule has 11 nitrogen and oxygen atoms in total. The predicted octanol–water partition coefficient (Wildman–Crippen LogP) is 7.74. The zero-order chi connectivity index (χ0) is 33.7. The number of unbranched alkanes of at least 4 members (excludes halogenated alkanes) is 18. The molecule has 0 aromatic carbocycles. The number of nitrogen functional groups attached to an aromatic ring is 1. The molecule has 3 N–H and O–H groups in total. The number of carbonyl (C=O) groups excluding carboxylic acids is 2. The Balaban J connectivity index is 1.54. The quantitative estimate of drug-likeness (QED) is 0.0757. The van der Waals surface area contributed by atoms with E-state index in [-0.39, 0.29) is 18.7 Å². The van der Waals surface area contributed by atoms with Gasteiger partial charge in [0.25, 0.3) is 0 Å². The summed E-state index contributed by atoms with van der Waals surface area (Å²) in [5.41, 5.74) is 6.78. The van der Waals surface area contributed by atoms with Crippen molar-refractivity contribution >= 4 is 28.9 Å². The van der Waals surface area contributed by atoms with Crippen molar-refractivity contribution in [2.24, 2.45) is 0 Å². The number of fused-ring (bicyclic) bond motifs is 1. The highest BCUT2D eigenvalue weighted by Gasteiger charge is 2.50. The van der Waals surface area contributed by atoms with E-state index in [9.17, 15) is 14.7 Å². The van der Waals surface area contributed by atoms with Crippen LogP contribution in [0.2, 0.25) is 0 Å². The van der Waals surface area contributed by atoms with Gasteiger partial charge in [-0.15, -0.1) is 0 Å². The van der Waals surface area contributed by atoms with Crippen LogP contribution in [0.3, 0.4) is 0 Å². The van der Waals surface area contributed by atoms with E-state index in [0.29, 0.717) is 11.2 Å². The summed E-state index contributed by atoms with van der Waals surface area (Å²) in [6, 6.07) is 0. The van der Waals surface area contributed by atoms with Crippen molar-refractivity contribution in [1.82, 2.24) is 19.5 Å². The molecule has 1 saturated heterocycles. The number of hydrogen-bond donors (Lipinski definition) is 2. The second-order valence-corrected chi connectivity index (χ2v) is 13.1. The van der Waals surface area contributed by atoms with E-state index in [4.69, 9.17) is 19.9 Å². The van der Waals surface area contributed by atoms with Crippen LogP contribution in [-0.4, -0.2) is 61.5 Å². The monoisotopic (exact) mass is 659 g/mol. The van der Waals surface area contributed by atoms with Gasteiger partial charge in [0.1, 0.15) is 17.9 Å². The molecule has 266 valence electrons. The van der Waals surface area contributed by atoms with Crippen molar-refractivity contribution in [3.63, 3.8) is 0 Å². The van der Waals surface area contributed by atoms with E-state index in [1.165, 1.54) is 103 Å². The molecule has 1 fully saturated rings. The summed E-state index contributed by atoms with van der Waals surface area (Å²) < 4.78 is 19.6. The van der Waals surface area contributed by atoms with E-state index in [2.05, 4.69) is 28.8 Å². The number of aliphatic hydroxyl groups is 1. The molecule has 0 unspecified atom stereocenters. The Morgan fingerprint density at radius 3 is 1.68 bits per heavy atom. The molecule has 0 saturated carbocycles. The number of nitrogens with zero attached hydrogens (tertiary/aromatic N) is 4. The smallest absolute Gasteiger partial charge is 0.306 e. The molecule has 1 aliphatic heterocycles. The topological polar surface area (TPSA) is 152 Å². The van der Waals surface area contributed by atoms with Crippen molar-refractivity contribution in [3.05, 3.63) is 12.7 Å². The van der Waals surface area contributed by atoms with E-state index in [1.54, 1.807) is 4.57 Å². The number of anilines is 1. The molecule has 2 aromatic rings. The van der Waals surface area contributed by atoms with Gasteiger partial charge in [-0.2, -0.15) is 0 Å². The maximum atomic E-state index is 13.1. The standard InChI is InChI=1S/C36H61N5O6/c1-3-5-7-9-11-13-15-17-19-21-23-29(43)46-32-28(25-42)45-36(41-27-40-31-34(37)38-26-39-35(31)41)33(32)47-30(44)24-22-20-18-16-14-12-10-8-6-4-2/h26-28,32-33,36,42H,3-25H2,1-2H3,(H2,37,38,39)/t28-,32-,33-,36-/m1/s1. The molecule has 4 atom stereocenters. The third-order valence-electron chi connectivity index (χ3n) is 9.13. The van der Waals surface area contributed by atoms with Crippen LogP contribution in [0.4, 0.5) is 5.82 Å². The summed E-state index contributed by atoms with van der Waals surface area (Å²) in [6.45, 7) is 4.05. The van der Waals surface area contributed by atoms with Crippen molar-refractivity contribution in [1.29, 1.82) is 0 Å². The fourth-order valence-electron chi connectivity index (χ4n) is 6.34. The SMILES string of the molecule is CCCCCCCCCCCCC(=O)O[C@@H]1[C@H](OC(=O)CCCCCCCCCCCC)[C@@H](CO)O[C@H]1n1cnc2c(N)ncnc21. The number of nitrogens with two attached hydrogens (primary N) is 1. The molecule has 3 rings (SSSR count). The minimum absolute atomic E-state index is 0.208. The lowest BCUT2D eigenvalue weighted by Gasteiger charge is -2.24. The first-order valence-electron chi connectivity index (χ1n) is 18.6. The van der Waals surface area contributed by atoms with Gasteiger partial charge < -0.3 is 25.1 Å². The predicted molar refractivity (Wildman–Crippen MR) is 183 cm³/mol. The summed E-state index contributed by atoms with van der Waals surface area (Å²) in [7, 11) is 0. The van der Waals surface area contributed by atoms with Crippen LogP contribution in [0.25, 0.3) is 11.2 Å². The number of imidazole rings is 1. The highest BCUT2D eigenvalue weighted by Crippen LogP contribution is 2.36. The molecule has 11 heteroatoms. The number of esters is 2. The molecule has 0 bridgehead atoms. The second-order valence-electron chi connectivity index (χ2n) is 13.1. The van der Waals surface area contributed by atoms with Gasteiger partial charge in [0.2, 0.25) is 0 Å². The first kappa shape index (κ1) is 38.7. The molecule has 0 radical (unpaired) electrons. The number of aliphatic hydroxyl groups excluding tert-OH is 1. The average Bonchev–Trinajstić information content (AvgIpc) is 3.64. The van der Waals surface area contributed by atoms with Gasteiger partial charge in [-0.05, 0) is 12.8 Å². The van der Waals surface area contributed by atoms with Crippen molar-refractivity contribution < 1.29 is 28.9 Å². The Kier molecular flexibility index (Phi) is 18.7. The zero-order valence-corrected chi connectivity index (χ0v) is 29.1. The lowest BCUT2D eigenvalue weighted by molar-refractivity contribution is -0.168. The summed E-state index contributed by atoms with van der Waals surface area (Å²) in [6.07, 6.45) is 22.8. The third-order valence-corrected chi connectivity index (χ3v) is 9.13. The van der Waals surface area contributed by atoms with Gasteiger partial charge in [0, 0.05) is 12.8 Å². The largest absolute Gasteiger partial charge is 0.455 e. The fraction of sp³-hybridized carbons (Fsp3) is 0.806. The van der Waals surface area contributed by atoms with Gasteiger partial charge in [0.05, 0.1) is 12.9 Å². The summed E-state index contributed by atoms with van der Waals surface area (Å²) in [5.74, 6) is -0.578. The van der Waals surface area contributed by atoms with E-state index < -0.39 is 43.1 Å². The number of rotatable bonds is 26. The van der Waals surface area contributed by atoms with Crippen LogP contribution in [0.1, 0.15) is 161 Å². The Bertz CT molecular complexity index is 1160. The van der Waals surface area contributed by atoms with Crippen molar-refractivity contribution in [3.8, 4) is 0 Å². The normalized spacial score (nSPS) is 19.4. The van der Waals surface area contributed by atoms with Crippen LogP contribution >= 0.6 is 0 Å². The van der Waals surface area contributed by atoms with Gasteiger partial charge in [-0.25, -0.2) is 15.0 Å². The number of aromatic nitrogens is 4. The second kappa shape index (κ2) is 22.7. The molecule has 0 amide bonds. The molecular weight excluding hydrogens is 598 g/mol. The van der Waals surface area contributed by atoms with E-state index >= 15 is 0 Å². The Morgan fingerprint density at radius 2 is 1.19 bits per heavy atom. The number of ether oxygens (including phenoxy) is 3. The summed E-state index contributed by atoms with van der Waals surface area (Å²) in [5, 5.41) is 10.2. The van der Waals surface area contributed by atoms with Crippen molar-refractivity contribution in [2.45, 2.75) is 180 Å². The van der Waals surface area contributed by atoms with Gasteiger partial charge in [0.15, 0.2) is 29.9 Å². The summed E-state index contributed by atoms with van der Waals surface area (Å²) >= 11 is 0. The van der Waals surface area contributed by atoms with Crippen LogP contribution in [0.5, 0.6) is 0 Å². The number of carbonyl (C=O) groups is 2. The molecular formula is C36H61N5O6. The molecule has 3 heterocycles. The van der Waals surface area contributed by atoms with Crippen LogP contribution in [0.15, 0.2) is 12.7 Å². The molecule has 0 aliphatic carbocycles.